The molecule has 0 radical (unpaired) electrons. The van der Waals surface area contributed by atoms with Crippen molar-refractivity contribution in [1.29, 1.82) is 0 Å². The van der Waals surface area contributed by atoms with Gasteiger partial charge in [-0.1, -0.05) is 30.3 Å². The average Bonchev–Trinajstić information content (AvgIpc) is 2.73. The van der Waals surface area contributed by atoms with Crippen LogP contribution in [-0.2, 0) is 9.53 Å². The average molecular weight is 373 g/mol. The Morgan fingerprint density at radius 3 is 2.37 bits per heavy atom. The Morgan fingerprint density at radius 2 is 1.70 bits per heavy atom. The number of nitrogens with zero attached hydrogens (tertiary/aromatic N) is 3. The number of rotatable bonds is 4. The van der Waals surface area contributed by atoms with Crippen LogP contribution < -0.4 is 0 Å². The number of ether oxygens (including phenoxy) is 1. The fraction of sp³-hybridized carbons (Fsp3) is 0.550. The van der Waals surface area contributed by atoms with Crippen molar-refractivity contribution >= 4 is 17.8 Å². The molecule has 1 aromatic carbocycles. The Bertz CT molecular complexity index is 671. The number of carbonyl (C=O) groups is 3. The second-order valence-electron chi connectivity index (χ2n) is 6.96. The zero-order valence-corrected chi connectivity index (χ0v) is 15.8. The molecule has 0 bridgehead atoms. The van der Waals surface area contributed by atoms with E-state index in [1.165, 1.54) is 0 Å². The molecule has 0 N–H and O–H groups in total. The van der Waals surface area contributed by atoms with Crippen LogP contribution in [0.15, 0.2) is 30.3 Å². The highest BCUT2D eigenvalue weighted by Gasteiger charge is 2.33. The van der Waals surface area contributed by atoms with Crippen LogP contribution in [0.5, 0.6) is 0 Å². The van der Waals surface area contributed by atoms with Crippen molar-refractivity contribution < 1.29 is 19.1 Å². The maximum Gasteiger partial charge on any atom is 0.409 e. The molecule has 0 spiro atoms. The van der Waals surface area contributed by atoms with Crippen LogP contribution in [-0.4, -0.2) is 84.4 Å². The lowest BCUT2D eigenvalue weighted by molar-refractivity contribution is -0.128. The molecule has 0 aromatic heterocycles. The summed E-state index contributed by atoms with van der Waals surface area (Å²) in [6.07, 6.45) is 1.63. The van der Waals surface area contributed by atoms with Crippen LogP contribution in [0.2, 0.25) is 0 Å². The van der Waals surface area contributed by atoms with Crippen molar-refractivity contribution in [2.45, 2.75) is 25.8 Å². The minimum absolute atomic E-state index is 0.232. The normalized spacial score (nSPS) is 21.0. The van der Waals surface area contributed by atoms with Gasteiger partial charge >= 0.3 is 6.09 Å². The maximum atomic E-state index is 12.6. The standard InChI is InChI=1S/C20H27N3O4/c1-2-27-20(26)22-13-11-21(12-14-22)17-9-6-10-23(15-17)19(25)18(24)16-7-4-3-5-8-16/h3-5,7-8,17H,2,6,9-15H2,1H3/t17-/m1/s1. The van der Waals surface area contributed by atoms with E-state index in [4.69, 9.17) is 4.74 Å². The summed E-state index contributed by atoms with van der Waals surface area (Å²) in [7, 11) is 0. The number of carbonyl (C=O) groups excluding carboxylic acids is 3. The van der Waals surface area contributed by atoms with E-state index in [2.05, 4.69) is 4.90 Å². The first-order valence-corrected chi connectivity index (χ1v) is 9.64. The van der Waals surface area contributed by atoms with Crippen LogP contribution in [0, 0.1) is 0 Å². The molecule has 2 fully saturated rings. The van der Waals surface area contributed by atoms with Crippen molar-refractivity contribution in [2.24, 2.45) is 0 Å². The molecule has 0 aliphatic carbocycles. The van der Waals surface area contributed by atoms with Crippen molar-refractivity contribution in [3.63, 3.8) is 0 Å². The summed E-state index contributed by atoms with van der Waals surface area (Å²) in [4.78, 5) is 42.6. The zero-order chi connectivity index (χ0) is 19.2. The molecule has 7 nitrogen and oxygen atoms in total. The van der Waals surface area contributed by atoms with E-state index in [9.17, 15) is 14.4 Å². The van der Waals surface area contributed by atoms with E-state index in [-0.39, 0.29) is 12.1 Å². The van der Waals surface area contributed by atoms with Crippen LogP contribution in [0.4, 0.5) is 4.79 Å². The number of hydrogen-bond donors (Lipinski definition) is 0. The van der Waals surface area contributed by atoms with Crippen molar-refractivity contribution in [3.05, 3.63) is 35.9 Å². The molecule has 2 saturated heterocycles. The van der Waals surface area contributed by atoms with Gasteiger partial charge in [0.25, 0.3) is 5.91 Å². The smallest absolute Gasteiger partial charge is 0.409 e. The van der Waals surface area contributed by atoms with Crippen molar-refractivity contribution in [3.8, 4) is 0 Å². The molecule has 27 heavy (non-hydrogen) atoms. The van der Waals surface area contributed by atoms with Crippen molar-refractivity contribution in [2.75, 3.05) is 45.9 Å². The Hall–Kier alpha value is -2.41. The van der Waals surface area contributed by atoms with E-state index in [0.717, 1.165) is 25.9 Å². The van der Waals surface area contributed by atoms with Gasteiger partial charge in [0.05, 0.1) is 6.61 Å². The monoisotopic (exact) mass is 373 g/mol. The topological polar surface area (TPSA) is 70.2 Å². The zero-order valence-electron chi connectivity index (χ0n) is 15.8. The summed E-state index contributed by atoms with van der Waals surface area (Å²) >= 11 is 0. The minimum Gasteiger partial charge on any atom is -0.450 e. The third kappa shape index (κ3) is 4.66. The number of likely N-dealkylation sites (tertiary alicyclic amines) is 1. The molecule has 2 aliphatic rings. The Kier molecular flexibility index (Phi) is 6.45. The molecule has 3 rings (SSSR count). The van der Waals surface area contributed by atoms with Gasteiger partial charge in [0.1, 0.15) is 0 Å². The van der Waals surface area contributed by atoms with Gasteiger partial charge < -0.3 is 14.5 Å². The number of benzene rings is 1. The summed E-state index contributed by atoms with van der Waals surface area (Å²) < 4.78 is 5.06. The molecular formula is C20H27N3O4. The van der Waals surface area contributed by atoms with Crippen LogP contribution in [0.25, 0.3) is 0 Å². The minimum atomic E-state index is -0.441. The second-order valence-corrected chi connectivity index (χ2v) is 6.96. The first-order valence-electron chi connectivity index (χ1n) is 9.64. The molecule has 1 aromatic rings. The molecule has 146 valence electrons. The van der Waals surface area contributed by atoms with Gasteiger partial charge in [0.15, 0.2) is 0 Å². The highest BCUT2D eigenvalue weighted by Crippen LogP contribution is 2.19. The quantitative estimate of drug-likeness (QED) is 0.593. The summed E-state index contributed by atoms with van der Waals surface area (Å²) in [5.74, 6) is -0.862. The second kappa shape index (κ2) is 8.99. The molecule has 7 heteroatoms. The largest absolute Gasteiger partial charge is 0.450 e. The molecule has 0 unspecified atom stereocenters. The molecule has 2 heterocycles. The number of hydrogen-bond acceptors (Lipinski definition) is 5. The van der Waals surface area contributed by atoms with Gasteiger partial charge in [0.2, 0.25) is 5.78 Å². The van der Waals surface area contributed by atoms with Crippen molar-refractivity contribution in [1.82, 2.24) is 14.7 Å². The summed E-state index contributed by atoms with van der Waals surface area (Å²) in [6.45, 7) is 6.16. The molecular weight excluding hydrogens is 346 g/mol. The SMILES string of the molecule is CCOC(=O)N1CCN([C@@H]2CCCN(C(=O)C(=O)c3ccccc3)C2)CC1. The van der Waals surface area contributed by atoms with Crippen LogP contribution in [0.3, 0.4) is 0 Å². The number of Topliss-reactive ketones (excluding diaryl/α,β-unsaturated/α-hetero) is 1. The van der Waals surface area contributed by atoms with E-state index in [1.807, 2.05) is 6.07 Å². The summed E-state index contributed by atoms with van der Waals surface area (Å²) in [6, 6.07) is 8.95. The Labute approximate surface area is 159 Å². The maximum absolute atomic E-state index is 12.6. The van der Waals surface area contributed by atoms with Gasteiger partial charge in [-0.05, 0) is 19.8 Å². The molecule has 0 saturated carbocycles. The summed E-state index contributed by atoms with van der Waals surface area (Å²) in [5, 5.41) is 0. The van der Waals surface area contributed by atoms with Gasteiger partial charge in [-0.2, -0.15) is 0 Å². The van der Waals surface area contributed by atoms with E-state index in [1.54, 1.807) is 41.0 Å². The highest BCUT2D eigenvalue weighted by molar-refractivity contribution is 6.42. The van der Waals surface area contributed by atoms with Gasteiger partial charge in [0, 0.05) is 50.9 Å². The number of amides is 2. The Balaban J connectivity index is 1.55. The lowest BCUT2D eigenvalue weighted by Gasteiger charge is -2.42. The number of ketones is 1. The Morgan fingerprint density at radius 1 is 1.00 bits per heavy atom. The van der Waals surface area contributed by atoms with Gasteiger partial charge in [-0.25, -0.2) is 4.79 Å². The predicted molar refractivity (Wildman–Crippen MR) is 101 cm³/mol. The predicted octanol–water partition coefficient (Wildman–Crippen LogP) is 1.63. The fourth-order valence-electron chi connectivity index (χ4n) is 3.78. The third-order valence-electron chi connectivity index (χ3n) is 5.27. The van der Waals surface area contributed by atoms with Gasteiger partial charge in [-0.3, -0.25) is 14.5 Å². The third-order valence-corrected chi connectivity index (χ3v) is 5.27. The fourth-order valence-corrected chi connectivity index (χ4v) is 3.78. The summed E-state index contributed by atoms with van der Waals surface area (Å²) in [5.41, 5.74) is 0.438. The van der Waals surface area contributed by atoms with E-state index in [0.29, 0.717) is 38.3 Å². The van der Waals surface area contributed by atoms with Crippen LogP contribution >= 0.6 is 0 Å². The molecule has 2 amide bonds. The first kappa shape index (κ1) is 19.4. The lowest BCUT2D eigenvalue weighted by Crippen LogP contribution is -2.57. The molecule has 2 aliphatic heterocycles. The van der Waals surface area contributed by atoms with Gasteiger partial charge in [-0.15, -0.1) is 0 Å². The molecule has 1 atom stereocenters. The number of piperazine rings is 1. The van der Waals surface area contributed by atoms with E-state index < -0.39 is 11.7 Å². The van der Waals surface area contributed by atoms with E-state index >= 15 is 0 Å². The van der Waals surface area contributed by atoms with Crippen LogP contribution in [0.1, 0.15) is 30.1 Å². The highest BCUT2D eigenvalue weighted by atomic mass is 16.6. The number of piperidine rings is 1. The first-order chi connectivity index (χ1) is 13.1. The lowest BCUT2D eigenvalue weighted by atomic mass is 10.0.